The summed E-state index contributed by atoms with van der Waals surface area (Å²) in [5.41, 5.74) is 1.78. The van der Waals surface area contributed by atoms with E-state index in [2.05, 4.69) is 47.6 Å². The van der Waals surface area contributed by atoms with E-state index in [4.69, 9.17) is 0 Å². The Kier molecular flexibility index (Phi) is 9.52. The summed E-state index contributed by atoms with van der Waals surface area (Å²) in [5.74, 6) is 3.24. The molecule has 1 aliphatic carbocycles. The van der Waals surface area contributed by atoms with Crippen molar-refractivity contribution in [3.8, 4) is 0 Å². The molecule has 22 heavy (non-hydrogen) atoms. The van der Waals surface area contributed by atoms with Gasteiger partial charge in [-0.1, -0.05) is 109 Å². The lowest BCUT2D eigenvalue weighted by molar-refractivity contribution is 0.561. The molecule has 0 aromatic heterocycles. The zero-order chi connectivity index (χ0) is 16.5. The van der Waals surface area contributed by atoms with Crippen LogP contribution in [0.1, 0.15) is 92.9 Å². The standard InChI is InChI=1S/C21H41B/c1-17(2)19(5)22(20(6)18(3)4)16-15-21-13-11-9-7-8-10-12-14-21/h15,17-20H,7-14,16H2,1-6H3. The summed E-state index contributed by atoms with van der Waals surface area (Å²) in [5, 5.41) is 0. The molecule has 0 aromatic rings. The van der Waals surface area contributed by atoms with Crippen LogP contribution in [0.5, 0.6) is 0 Å². The predicted octanol–water partition coefficient (Wildman–Crippen LogP) is 7.63. The van der Waals surface area contributed by atoms with E-state index < -0.39 is 0 Å². The molecule has 1 rings (SSSR count). The first-order valence-corrected chi connectivity index (χ1v) is 10.1. The van der Waals surface area contributed by atoms with Crippen LogP contribution in [0.2, 0.25) is 18.0 Å². The molecule has 0 bridgehead atoms. The number of allylic oxidation sites excluding steroid dienone is 2. The highest BCUT2D eigenvalue weighted by molar-refractivity contribution is 6.62. The van der Waals surface area contributed by atoms with Crippen molar-refractivity contribution in [3.63, 3.8) is 0 Å². The summed E-state index contributed by atoms with van der Waals surface area (Å²) in [6, 6.07) is 0. The molecular weight excluding hydrogens is 263 g/mol. The van der Waals surface area contributed by atoms with Gasteiger partial charge in [-0.25, -0.2) is 0 Å². The molecule has 128 valence electrons. The third kappa shape index (κ3) is 6.92. The molecule has 0 spiro atoms. The van der Waals surface area contributed by atoms with Gasteiger partial charge in [0.2, 0.25) is 0 Å². The highest BCUT2D eigenvalue weighted by Crippen LogP contribution is 2.35. The Labute approximate surface area is 141 Å². The monoisotopic (exact) mass is 304 g/mol. The topological polar surface area (TPSA) is 0 Å². The second kappa shape index (κ2) is 10.6. The normalized spacial score (nSPS) is 20.3. The lowest BCUT2D eigenvalue weighted by Gasteiger charge is -2.31. The Morgan fingerprint density at radius 2 is 1.14 bits per heavy atom. The highest BCUT2D eigenvalue weighted by Gasteiger charge is 2.30. The van der Waals surface area contributed by atoms with Gasteiger partial charge in [0.25, 0.3) is 0 Å². The summed E-state index contributed by atoms with van der Waals surface area (Å²) in [6.07, 6.45) is 15.4. The van der Waals surface area contributed by atoms with Gasteiger partial charge in [-0.3, -0.25) is 0 Å². The summed E-state index contributed by atoms with van der Waals surface area (Å²) in [4.78, 5) is 0. The average Bonchev–Trinajstić information content (AvgIpc) is 2.60. The molecule has 2 atom stereocenters. The molecule has 0 saturated heterocycles. The Bertz CT molecular complexity index is 290. The Balaban J connectivity index is 2.71. The molecule has 1 aliphatic rings. The quantitative estimate of drug-likeness (QED) is 0.349. The maximum Gasteiger partial charge on any atom is 0.150 e. The number of rotatable bonds is 6. The van der Waals surface area contributed by atoms with Crippen molar-refractivity contribution in [3.05, 3.63) is 11.6 Å². The van der Waals surface area contributed by atoms with E-state index in [9.17, 15) is 0 Å². The van der Waals surface area contributed by atoms with Crippen LogP contribution in [0, 0.1) is 11.8 Å². The third-order valence-electron chi connectivity index (χ3n) is 6.38. The third-order valence-corrected chi connectivity index (χ3v) is 6.38. The van der Waals surface area contributed by atoms with E-state index in [-0.39, 0.29) is 0 Å². The van der Waals surface area contributed by atoms with Gasteiger partial charge >= 0.3 is 0 Å². The second-order valence-electron chi connectivity index (χ2n) is 8.59. The summed E-state index contributed by atoms with van der Waals surface area (Å²) < 4.78 is 0. The van der Waals surface area contributed by atoms with E-state index in [1.54, 1.807) is 5.57 Å². The van der Waals surface area contributed by atoms with E-state index in [0.29, 0.717) is 0 Å². The lowest BCUT2D eigenvalue weighted by atomic mass is 9.30. The van der Waals surface area contributed by atoms with E-state index >= 15 is 0 Å². The minimum Gasteiger partial charge on any atom is -0.0925 e. The zero-order valence-corrected chi connectivity index (χ0v) is 16.3. The Morgan fingerprint density at radius 3 is 1.55 bits per heavy atom. The molecule has 0 N–H and O–H groups in total. The highest BCUT2D eigenvalue weighted by atomic mass is 14.1. The van der Waals surface area contributed by atoms with Crippen LogP contribution in [0.4, 0.5) is 0 Å². The van der Waals surface area contributed by atoms with Crippen molar-refractivity contribution in [1.82, 2.24) is 0 Å². The minimum absolute atomic E-state index is 0.796. The van der Waals surface area contributed by atoms with Crippen LogP contribution < -0.4 is 0 Å². The fourth-order valence-electron chi connectivity index (χ4n) is 3.94. The summed E-state index contributed by atoms with van der Waals surface area (Å²) in [7, 11) is 0. The summed E-state index contributed by atoms with van der Waals surface area (Å²) in [6.45, 7) is 15.4. The van der Waals surface area contributed by atoms with Gasteiger partial charge in [0.1, 0.15) is 6.71 Å². The molecule has 0 amide bonds. The SMILES string of the molecule is CC(C)C(C)B(CC=C1CCCCCCCC1)C(C)C(C)C. The summed E-state index contributed by atoms with van der Waals surface area (Å²) >= 11 is 0. The molecule has 0 nitrogen and oxygen atoms in total. The largest absolute Gasteiger partial charge is 0.150 e. The smallest absolute Gasteiger partial charge is 0.0925 e. The van der Waals surface area contributed by atoms with Crippen molar-refractivity contribution < 1.29 is 0 Å². The first kappa shape index (κ1) is 19.9. The molecule has 1 heteroatoms. The van der Waals surface area contributed by atoms with Gasteiger partial charge in [0, 0.05) is 0 Å². The fraction of sp³-hybridized carbons (Fsp3) is 0.905. The molecule has 1 fully saturated rings. The van der Waals surface area contributed by atoms with Crippen molar-refractivity contribution in [2.75, 3.05) is 0 Å². The molecule has 2 unspecified atom stereocenters. The molecule has 1 saturated carbocycles. The van der Waals surface area contributed by atoms with Crippen molar-refractivity contribution in [2.45, 2.75) is 111 Å². The molecule has 0 heterocycles. The van der Waals surface area contributed by atoms with Crippen LogP contribution in [-0.2, 0) is 0 Å². The van der Waals surface area contributed by atoms with Crippen LogP contribution in [-0.4, -0.2) is 6.71 Å². The molecule has 0 radical (unpaired) electrons. The van der Waals surface area contributed by atoms with Gasteiger partial charge in [0.05, 0.1) is 0 Å². The van der Waals surface area contributed by atoms with E-state index in [0.717, 1.165) is 30.2 Å². The Morgan fingerprint density at radius 1 is 0.727 bits per heavy atom. The first-order chi connectivity index (χ1) is 10.4. The van der Waals surface area contributed by atoms with Crippen LogP contribution in [0.15, 0.2) is 11.6 Å². The van der Waals surface area contributed by atoms with Crippen molar-refractivity contribution >= 4 is 6.71 Å². The van der Waals surface area contributed by atoms with Gasteiger partial charge in [-0.2, -0.15) is 0 Å². The molecule has 0 aliphatic heterocycles. The van der Waals surface area contributed by atoms with Gasteiger partial charge in [-0.15, -0.1) is 0 Å². The van der Waals surface area contributed by atoms with Crippen LogP contribution in [0.25, 0.3) is 0 Å². The van der Waals surface area contributed by atoms with Crippen molar-refractivity contribution in [2.24, 2.45) is 11.8 Å². The maximum absolute atomic E-state index is 2.66. The van der Waals surface area contributed by atoms with Gasteiger partial charge in [0.15, 0.2) is 0 Å². The van der Waals surface area contributed by atoms with Crippen LogP contribution in [0.3, 0.4) is 0 Å². The predicted molar refractivity (Wildman–Crippen MR) is 104 cm³/mol. The molecular formula is C21H41B. The first-order valence-electron chi connectivity index (χ1n) is 10.1. The second-order valence-corrected chi connectivity index (χ2v) is 8.59. The lowest BCUT2D eigenvalue weighted by Crippen LogP contribution is -2.29. The van der Waals surface area contributed by atoms with Crippen LogP contribution >= 0.6 is 0 Å². The van der Waals surface area contributed by atoms with Gasteiger partial charge in [-0.05, 0) is 25.7 Å². The Hall–Kier alpha value is -0.195. The van der Waals surface area contributed by atoms with E-state index in [1.807, 2.05) is 0 Å². The zero-order valence-electron chi connectivity index (χ0n) is 16.3. The number of hydrogen-bond donors (Lipinski definition) is 0. The van der Waals surface area contributed by atoms with Gasteiger partial charge < -0.3 is 0 Å². The molecule has 0 aromatic carbocycles. The minimum atomic E-state index is 0.796. The maximum atomic E-state index is 2.66. The fourth-order valence-corrected chi connectivity index (χ4v) is 3.94. The van der Waals surface area contributed by atoms with E-state index in [1.165, 1.54) is 57.7 Å². The van der Waals surface area contributed by atoms with Crippen molar-refractivity contribution in [1.29, 1.82) is 0 Å². The number of hydrogen-bond acceptors (Lipinski definition) is 0. The average molecular weight is 304 g/mol.